The van der Waals surface area contributed by atoms with Crippen molar-refractivity contribution in [2.45, 2.75) is 58.2 Å². The first-order valence-electron chi connectivity index (χ1n) is 12.6. The van der Waals surface area contributed by atoms with Crippen molar-refractivity contribution in [1.29, 1.82) is 0 Å². The van der Waals surface area contributed by atoms with Crippen LogP contribution in [0.25, 0.3) is 10.8 Å². The first-order chi connectivity index (χ1) is 17.7. The van der Waals surface area contributed by atoms with Crippen molar-refractivity contribution >= 4 is 39.6 Å². The fourth-order valence-electron chi connectivity index (χ4n) is 5.29. The molecule has 190 valence electrons. The number of rotatable bonds is 8. The van der Waals surface area contributed by atoms with Crippen LogP contribution in [0.5, 0.6) is 0 Å². The highest BCUT2D eigenvalue weighted by Gasteiger charge is 2.36. The lowest BCUT2D eigenvalue weighted by atomic mass is 10.0. The number of aryl methyl sites for hydroxylation is 1. The summed E-state index contributed by atoms with van der Waals surface area (Å²) < 4.78 is 0. The van der Waals surface area contributed by atoms with Gasteiger partial charge in [0.2, 0.25) is 0 Å². The number of carbonyl (C=O) groups is 1. The third-order valence-electron chi connectivity index (χ3n) is 7.24. The van der Waals surface area contributed by atoms with E-state index in [0.717, 1.165) is 46.4 Å². The van der Waals surface area contributed by atoms with Gasteiger partial charge in [-0.2, -0.15) is 0 Å². The fraction of sp³-hybridized carbons (Fsp3) is 0.310. The Morgan fingerprint density at radius 1 is 1.05 bits per heavy atom. The Labute approximate surface area is 214 Å². The summed E-state index contributed by atoms with van der Waals surface area (Å²) in [6.45, 7) is 5.99. The molecular weight excluding hydrogens is 468 g/mol. The number of carboxylic acid groups (broad SMARTS) is 1. The van der Waals surface area contributed by atoms with Gasteiger partial charge in [-0.15, -0.1) is 0 Å². The van der Waals surface area contributed by atoms with Crippen LogP contribution in [0.3, 0.4) is 0 Å². The molecule has 1 saturated heterocycles. The maximum absolute atomic E-state index is 12.4. The first-order valence-corrected chi connectivity index (χ1v) is 12.6. The Bertz CT molecular complexity index is 1530. The third-order valence-corrected chi connectivity index (χ3v) is 7.24. The van der Waals surface area contributed by atoms with Gasteiger partial charge in [-0.05, 0) is 62.8 Å². The van der Waals surface area contributed by atoms with Crippen LogP contribution in [0.2, 0.25) is 0 Å². The van der Waals surface area contributed by atoms with E-state index in [0.29, 0.717) is 5.69 Å². The molecule has 2 unspecified atom stereocenters. The van der Waals surface area contributed by atoms with Crippen LogP contribution in [-0.4, -0.2) is 34.2 Å². The lowest BCUT2D eigenvalue weighted by Gasteiger charge is -2.32. The number of benzene rings is 2. The molecule has 3 N–H and O–H groups in total. The van der Waals surface area contributed by atoms with Gasteiger partial charge < -0.3 is 20.6 Å². The van der Waals surface area contributed by atoms with E-state index >= 15 is 0 Å². The molecule has 0 radical (unpaired) electrons. The average Bonchev–Trinajstić information content (AvgIpc) is 3.20. The van der Waals surface area contributed by atoms with Gasteiger partial charge in [0.1, 0.15) is 23.2 Å². The van der Waals surface area contributed by atoms with E-state index in [2.05, 4.69) is 15.6 Å². The molecule has 0 saturated carbocycles. The van der Waals surface area contributed by atoms with Gasteiger partial charge in [0.25, 0.3) is 10.9 Å². The number of carboxylic acids is 1. The second-order valence-corrected chi connectivity index (χ2v) is 9.96. The van der Waals surface area contributed by atoms with E-state index in [4.69, 9.17) is 0 Å². The maximum atomic E-state index is 12.4. The van der Waals surface area contributed by atoms with E-state index in [9.17, 15) is 19.5 Å². The predicted molar refractivity (Wildman–Crippen MR) is 147 cm³/mol. The number of hydrogen-bond donors (Lipinski definition) is 3. The quantitative estimate of drug-likeness (QED) is 0.307. The zero-order chi connectivity index (χ0) is 26.3. The smallest absolute Gasteiger partial charge is 0.326 e. The second-order valence-electron chi connectivity index (χ2n) is 9.96. The first kappa shape index (κ1) is 24.5. The highest BCUT2D eigenvalue weighted by molar-refractivity contribution is 5.93. The zero-order valence-corrected chi connectivity index (χ0v) is 21.1. The lowest BCUT2D eigenvalue weighted by Crippen LogP contribution is -2.48. The Morgan fingerprint density at radius 2 is 1.73 bits per heavy atom. The van der Waals surface area contributed by atoms with Crippen molar-refractivity contribution in [2.75, 3.05) is 15.5 Å². The molecule has 5 rings (SSSR count). The van der Waals surface area contributed by atoms with E-state index in [1.807, 2.05) is 80.3 Å². The summed E-state index contributed by atoms with van der Waals surface area (Å²) in [7, 11) is 0. The molecule has 3 atom stereocenters. The van der Waals surface area contributed by atoms with E-state index in [1.165, 1.54) is 0 Å². The maximum Gasteiger partial charge on any atom is 0.326 e. The summed E-state index contributed by atoms with van der Waals surface area (Å²) >= 11 is 0. The highest BCUT2D eigenvalue weighted by Crippen LogP contribution is 2.33. The number of anilines is 4. The molecule has 3 aromatic carbocycles. The van der Waals surface area contributed by atoms with Gasteiger partial charge in [-0.3, -0.25) is 9.59 Å². The Hall–Kier alpha value is -4.20. The molecule has 1 aromatic heterocycles. The molecule has 0 aliphatic carbocycles. The second kappa shape index (κ2) is 9.69. The molecule has 8 heteroatoms. The van der Waals surface area contributed by atoms with Crippen LogP contribution < -0.4 is 26.4 Å². The lowest BCUT2D eigenvalue weighted by molar-refractivity contribution is -0.137. The van der Waals surface area contributed by atoms with Crippen LogP contribution in [0.15, 0.2) is 64.2 Å². The van der Waals surface area contributed by atoms with Crippen molar-refractivity contribution in [1.82, 2.24) is 4.98 Å². The molecule has 1 aliphatic heterocycles. The van der Waals surface area contributed by atoms with Gasteiger partial charge in [-0.25, -0.2) is 9.78 Å². The zero-order valence-electron chi connectivity index (χ0n) is 21.1. The van der Waals surface area contributed by atoms with E-state index < -0.39 is 22.9 Å². The number of nitrogens with one attached hydrogen (secondary N) is 2. The number of aliphatic carboxylic acids is 1. The van der Waals surface area contributed by atoms with Crippen LogP contribution in [0.4, 0.5) is 22.9 Å². The predicted octanol–water partition coefficient (Wildman–Crippen LogP) is 4.37. The van der Waals surface area contributed by atoms with Gasteiger partial charge >= 0.3 is 5.97 Å². The number of aromatic nitrogens is 1. The number of fused-ring (bicyclic) bond motifs is 1. The van der Waals surface area contributed by atoms with Gasteiger partial charge in [0.05, 0.1) is 0 Å². The van der Waals surface area contributed by atoms with Crippen molar-refractivity contribution in [2.24, 2.45) is 0 Å². The molecule has 1 aliphatic rings. The topological polar surface area (TPSA) is 112 Å². The summed E-state index contributed by atoms with van der Waals surface area (Å²) in [5.41, 5.74) is 1.78. The van der Waals surface area contributed by atoms with Crippen molar-refractivity contribution < 1.29 is 9.90 Å². The Morgan fingerprint density at radius 3 is 2.41 bits per heavy atom. The number of pyridine rings is 1. The Kier molecular flexibility index (Phi) is 6.41. The van der Waals surface area contributed by atoms with Crippen LogP contribution in [0.1, 0.15) is 37.9 Å². The summed E-state index contributed by atoms with van der Waals surface area (Å²) in [5, 5.41) is 18.2. The molecule has 37 heavy (non-hydrogen) atoms. The molecule has 8 nitrogen and oxygen atoms in total. The highest BCUT2D eigenvalue weighted by atomic mass is 16.4. The van der Waals surface area contributed by atoms with E-state index in [1.54, 1.807) is 0 Å². The SMILES string of the molecule is Cc1cc2ccccc2c(Nc2ccc(C[C@H](Nc3c(N4C(C)CCC4C)c(=O)c3=O)C(=O)O)cc2)n1. The molecule has 0 spiro atoms. The molecule has 0 bridgehead atoms. The summed E-state index contributed by atoms with van der Waals surface area (Å²) in [4.78, 5) is 43.4. The number of hydrogen-bond acceptors (Lipinski definition) is 7. The van der Waals surface area contributed by atoms with Crippen molar-refractivity contribution in [3.63, 3.8) is 0 Å². The van der Waals surface area contributed by atoms with E-state index in [-0.39, 0.29) is 24.2 Å². The van der Waals surface area contributed by atoms with Crippen LogP contribution in [-0.2, 0) is 11.2 Å². The minimum Gasteiger partial charge on any atom is -0.480 e. The summed E-state index contributed by atoms with van der Waals surface area (Å²) in [6.07, 6.45) is 2.01. The van der Waals surface area contributed by atoms with Gasteiger partial charge in [0.15, 0.2) is 0 Å². The molecule has 1 fully saturated rings. The molecule has 4 aromatic rings. The average molecular weight is 499 g/mol. The molecule has 2 heterocycles. The monoisotopic (exact) mass is 498 g/mol. The molecular formula is C29H30N4O4. The fourth-order valence-corrected chi connectivity index (χ4v) is 5.29. The summed E-state index contributed by atoms with van der Waals surface area (Å²) in [6, 6.07) is 16.7. The van der Waals surface area contributed by atoms with Crippen molar-refractivity contribution in [3.05, 3.63) is 86.3 Å². The normalized spacial score (nSPS) is 18.3. The molecule has 0 amide bonds. The standard InChI is InChI=1S/C29H30N4O4/c1-16-14-20-6-4-5-7-22(20)28(30-16)31-21-12-10-19(11-13-21)15-23(29(36)37)32-24-25(27(35)26(24)34)33-17(2)8-9-18(33)3/h4-7,10-14,17-18,23,32H,8-9,15H2,1-3H3,(H,30,31)(H,36,37)/t17?,18?,23-/m0/s1. The largest absolute Gasteiger partial charge is 0.480 e. The minimum absolute atomic E-state index is 0.119. The van der Waals surface area contributed by atoms with Crippen LogP contribution >= 0.6 is 0 Å². The minimum atomic E-state index is -1.08. The van der Waals surface area contributed by atoms with Crippen molar-refractivity contribution in [3.8, 4) is 0 Å². The van der Waals surface area contributed by atoms with Gasteiger partial charge in [-0.1, -0.05) is 36.4 Å². The third kappa shape index (κ3) is 4.67. The van der Waals surface area contributed by atoms with Crippen LogP contribution in [0, 0.1) is 6.92 Å². The van der Waals surface area contributed by atoms with Gasteiger partial charge in [0, 0.05) is 35.3 Å². The summed E-state index contributed by atoms with van der Waals surface area (Å²) in [5.74, 6) is -0.328. The number of nitrogens with zero attached hydrogens (tertiary/aromatic N) is 2. The Balaban J connectivity index is 1.33.